The summed E-state index contributed by atoms with van der Waals surface area (Å²) < 4.78 is 5.52. The molecular formula is C17H16ClNO4S. The van der Waals surface area contributed by atoms with E-state index in [1.807, 2.05) is 30.3 Å². The third-order valence-electron chi connectivity index (χ3n) is 3.16. The van der Waals surface area contributed by atoms with Crippen LogP contribution in [0.15, 0.2) is 42.5 Å². The van der Waals surface area contributed by atoms with Crippen molar-refractivity contribution in [2.45, 2.75) is 19.4 Å². The van der Waals surface area contributed by atoms with Crippen molar-refractivity contribution < 1.29 is 19.1 Å². The second-order valence-electron chi connectivity index (χ2n) is 5.06. The molecule has 2 aromatic rings. The lowest BCUT2D eigenvalue weighted by atomic mass is 10.0. The molecule has 0 aliphatic carbocycles. The Kier molecular flexibility index (Phi) is 6.52. The Bertz CT molecular complexity index is 729. The lowest BCUT2D eigenvalue weighted by Gasteiger charge is -2.17. The molecule has 126 valence electrons. The Morgan fingerprint density at radius 3 is 2.46 bits per heavy atom. The van der Waals surface area contributed by atoms with E-state index in [0.717, 1.165) is 16.9 Å². The normalized spacial score (nSPS) is 11.6. The molecule has 1 N–H and O–H groups in total. The molecule has 1 atom stereocenters. The number of ether oxygens (including phenoxy) is 1. The molecule has 7 heteroatoms. The molecule has 0 saturated carbocycles. The van der Waals surface area contributed by atoms with Crippen LogP contribution < -0.4 is 5.32 Å². The largest absolute Gasteiger partial charge is 0.457 e. The van der Waals surface area contributed by atoms with E-state index in [-0.39, 0.29) is 24.7 Å². The lowest BCUT2D eigenvalue weighted by Crippen LogP contribution is -2.29. The summed E-state index contributed by atoms with van der Waals surface area (Å²) in [5.74, 6) is -1.12. The van der Waals surface area contributed by atoms with Crippen LogP contribution in [0, 0.1) is 0 Å². The number of benzene rings is 1. The molecule has 0 aliphatic heterocycles. The van der Waals surface area contributed by atoms with Gasteiger partial charge in [-0.3, -0.25) is 14.4 Å². The smallest absolute Gasteiger partial charge is 0.308 e. The Labute approximate surface area is 148 Å². The molecule has 0 aliphatic rings. The minimum absolute atomic E-state index is 0.0535. The van der Waals surface area contributed by atoms with E-state index in [1.54, 1.807) is 12.1 Å². The fraction of sp³-hybridized carbons (Fsp3) is 0.235. The highest BCUT2D eigenvalue weighted by Crippen LogP contribution is 2.22. The first-order valence-corrected chi connectivity index (χ1v) is 8.41. The van der Waals surface area contributed by atoms with Crippen molar-refractivity contribution in [2.75, 3.05) is 6.61 Å². The highest BCUT2D eigenvalue weighted by molar-refractivity contribution is 7.18. The van der Waals surface area contributed by atoms with Crippen molar-refractivity contribution in [3.8, 4) is 0 Å². The Morgan fingerprint density at radius 2 is 1.88 bits per heavy atom. The Morgan fingerprint density at radius 1 is 1.17 bits per heavy atom. The fourth-order valence-electron chi connectivity index (χ4n) is 2.09. The van der Waals surface area contributed by atoms with Gasteiger partial charge in [-0.1, -0.05) is 41.9 Å². The molecule has 0 saturated heterocycles. The molecule has 0 bridgehead atoms. The van der Waals surface area contributed by atoms with Crippen LogP contribution in [0.3, 0.4) is 0 Å². The van der Waals surface area contributed by atoms with E-state index < -0.39 is 12.0 Å². The molecule has 1 heterocycles. The summed E-state index contributed by atoms with van der Waals surface area (Å²) in [6, 6.07) is 11.8. The van der Waals surface area contributed by atoms with Crippen LogP contribution in [0.4, 0.5) is 0 Å². The third-order valence-corrected chi connectivity index (χ3v) is 4.43. The quantitative estimate of drug-likeness (QED) is 0.603. The molecule has 1 aromatic carbocycles. The van der Waals surface area contributed by atoms with Crippen LogP contribution >= 0.6 is 22.9 Å². The number of carbonyl (C=O) groups excluding carboxylic acids is 3. The first kappa shape index (κ1) is 18.2. The SMILES string of the molecule is CC(=O)N[C@H](CC(=O)OCC(=O)c1ccc(Cl)s1)c1ccccc1. The van der Waals surface area contributed by atoms with Gasteiger partial charge in [0, 0.05) is 6.92 Å². The van der Waals surface area contributed by atoms with Crippen molar-refractivity contribution in [2.24, 2.45) is 0 Å². The number of hydrogen-bond acceptors (Lipinski definition) is 5. The molecule has 1 amide bonds. The number of esters is 1. The van der Waals surface area contributed by atoms with Crippen LogP contribution in [0.2, 0.25) is 4.34 Å². The molecule has 2 rings (SSSR count). The lowest BCUT2D eigenvalue weighted by molar-refractivity contribution is -0.143. The fourth-order valence-corrected chi connectivity index (χ4v) is 3.06. The Hall–Kier alpha value is -2.18. The van der Waals surface area contributed by atoms with Gasteiger partial charge >= 0.3 is 5.97 Å². The molecule has 0 spiro atoms. The first-order valence-electron chi connectivity index (χ1n) is 7.22. The molecule has 24 heavy (non-hydrogen) atoms. The number of nitrogens with one attached hydrogen (secondary N) is 1. The van der Waals surface area contributed by atoms with E-state index in [1.165, 1.54) is 6.92 Å². The van der Waals surface area contributed by atoms with Crippen LogP contribution in [-0.2, 0) is 14.3 Å². The summed E-state index contributed by atoms with van der Waals surface area (Å²) in [4.78, 5) is 35.7. The van der Waals surface area contributed by atoms with Gasteiger partial charge in [0.25, 0.3) is 0 Å². The third kappa shape index (κ3) is 5.47. The van der Waals surface area contributed by atoms with E-state index in [4.69, 9.17) is 16.3 Å². The maximum Gasteiger partial charge on any atom is 0.308 e. The topological polar surface area (TPSA) is 72.5 Å². The van der Waals surface area contributed by atoms with Gasteiger partial charge in [0.1, 0.15) is 0 Å². The minimum Gasteiger partial charge on any atom is -0.457 e. The van der Waals surface area contributed by atoms with Gasteiger partial charge in [-0.05, 0) is 17.7 Å². The zero-order valence-electron chi connectivity index (χ0n) is 13.0. The summed E-state index contributed by atoms with van der Waals surface area (Å²) in [7, 11) is 0. The van der Waals surface area contributed by atoms with Gasteiger partial charge < -0.3 is 10.1 Å². The summed E-state index contributed by atoms with van der Waals surface area (Å²) in [6.07, 6.45) is -0.0535. The average Bonchev–Trinajstić information content (AvgIpc) is 2.99. The predicted octanol–water partition coefficient (Wildman–Crippen LogP) is 3.39. The maximum absolute atomic E-state index is 12.0. The highest BCUT2D eigenvalue weighted by atomic mass is 35.5. The van der Waals surface area contributed by atoms with Gasteiger partial charge in [-0.15, -0.1) is 11.3 Å². The van der Waals surface area contributed by atoms with Gasteiger partial charge in [0.15, 0.2) is 6.61 Å². The Balaban J connectivity index is 1.93. The first-order chi connectivity index (χ1) is 11.5. The summed E-state index contributed by atoms with van der Waals surface area (Å²) in [5, 5.41) is 2.71. The second-order valence-corrected chi connectivity index (χ2v) is 6.77. The van der Waals surface area contributed by atoms with Crippen LogP contribution in [0.25, 0.3) is 0 Å². The van der Waals surface area contributed by atoms with E-state index in [0.29, 0.717) is 9.21 Å². The van der Waals surface area contributed by atoms with E-state index in [9.17, 15) is 14.4 Å². The molecule has 0 unspecified atom stereocenters. The highest BCUT2D eigenvalue weighted by Gasteiger charge is 2.19. The summed E-state index contributed by atoms with van der Waals surface area (Å²) in [5.41, 5.74) is 0.793. The van der Waals surface area contributed by atoms with Crippen LogP contribution in [0.5, 0.6) is 0 Å². The van der Waals surface area contributed by atoms with Crippen molar-refractivity contribution in [1.29, 1.82) is 0 Å². The summed E-state index contributed by atoms with van der Waals surface area (Å²) >= 11 is 6.90. The van der Waals surface area contributed by atoms with Crippen molar-refractivity contribution in [3.05, 3.63) is 57.2 Å². The zero-order valence-corrected chi connectivity index (χ0v) is 14.5. The standard InChI is InChI=1S/C17H16ClNO4S/c1-11(20)19-13(12-5-3-2-4-6-12)9-17(22)23-10-14(21)15-7-8-16(18)24-15/h2-8,13H,9-10H2,1H3,(H,19,20)/t13-/m1/s1. The summed E-state index contributed by atoms with van der Waals surface area (Å²) in [6.45, 7) is 1.03. The molecule has 0 radical (unpaired) electrons. The number of thiophene rings is 1. The maximum atomic E-state index is 12.0. The predicted molar refractivity (Wildman–Crippen MR) is 92.2 cm³/mol. The molecular weight excluding hydrogens is 350 g/mol. The van der Waals surface area contributed by atoms with Crippen molar-refractivity contribution >= 4 is 40.6 Å². The van der Waals surface area contributed by atoms with E-state index >= 15 is 0 Å². The van der Waals surface area contributed by atoms with Crippen LogP contribution in [0.1, 0.15) is 34.6 Å². The van der Waals surface area contributed by atoms with Gasteiger partial charge in [0.2, 0.25) is 11.7 Å². The molecule has 1 aromatic heterocycles. The zero-order chi connectivity index (χ0) is 17.5. The number of Topliss-reactive ketones (excluding diaryl/α,β-unsaturated/α-hetero) is 1. The number of ketones is 1. The number of halogens is 1. The average molecular weight is 366 g/mol. The number of amides is 1. The van der Waals surface area contributed by atoms with Gasteiger partial charge in [0.05, 0.1) is 21.7 Å². The van der Waals surface area contributed by atoms with Gasteiger partial charge in [-0.2, -0.15) is 0 Å². The number of carbonyl (C=O) groups is 3. The van der Waals surface area contributed by atoms with Crippen molar-refractivity contribution in [1.82, 2.24) is 5.32 Å². The number of rotatable bonds is 7. The van der Waals surface area contributed by atoms with E-state index in [2.05, 4.69) is 5.32 Å². The number of hydrogen-bond donors (Lipinski definition) is 1. The molecule has 5 nitrogen and oxygen atoms in total. The molecule has 0 fully saturated rings. The minimum atomic E-state index is -0.561. The van der Waals surface area contributed by atoms with Crippen molar-refractivity contribution in [3.63, 3.8) is 0 Å². The monoisotopic (exact) mass is 365 g/mol. The second kappa shape index (κ2) is 8.61. The van der Waals surface area contributed by atoms with Crippen LogP contribution in [-0.4, -0.2) is 24.3 Å². The van der Waals surface area contributed by atoms with Gasteiger partial charge in [-0.25, -0.2) is 0 Å².